The summed E-state index contributed by atoms with van der Waals surface area (Å²) in [6.45, 7) is 1.29. The Morgan fingerprint density at radius 2 is 1.65 bits per heavy atom. The van der Waals surface area contributed by atoms with Crippen molar-refractivity contribution in [1.82, 2.24) is 10.2 Å². The van der Waals surface area contributed by atoms with E-state index >= 15 is 0 Å². The summed E-state index contributed by atoms with van der Waals surface area (Å²) in [5.41, 5.74) is 4.70. The lowest BCUT2D eigenvalue weighted by Gasteiger charge is -2.24. The van der Waals surface area contributed by atoms with Crippen molar-refractivity contribution in [2.24, 2.45) is 0 Å². The Morgan fingerprint density at radius 3 is 2.32 bits per heavy atom. The fourth-order valence-corrected chi connectivity index (χ4v) is 4.94. The van der Waals surface area contributed by atoms with Crippen LogP contribution in [-0.4, -0.2) is 55.7 Å². The number of nitrogens with zero attached hydrogens (tertiary/aromatic N) is 1. The number of nitrogens with one attached hydrogen (secondary N) is 1. The molecule has 1 unspecified atom stereocenters. The summed E-state index contributed by atoms with van der Waals surface area (Å²) < 4.78 is 10.4. The van der Waals surface area contributed by atoms with E-state index in [9.17, 15) is 14.4 Å². The van der Waals surface area contributed by atoms with Crippen LogP contribution in [0.15, 0.2) is 48.5 Å². The Labute approximate surface area is 200 Å². The van der Waals surface area contributed by atoms with Gasteiger partial charge in [0.2, 0.25) is 5.91 Å². The second kappa shape index (κ2) is 11.2. The minimum atomic E-state index is -0.495. The number of likely N-dealkylation sites (tertiary alicyclic amines) is 1. The van der Waals surface area contributed by atoms with E-state index in [0.29, 0.717) is 25.9 Å². The summed E-state index contributed by atoms with van der Waals surface area (Å²) >= 11 is 0. The van der Waals surface area contributed by atoms with Crippen LogP contribution in [0, 0.1) is 0 Å². The molecule has 1 fully saturated rings. The van der Waals surface area contributed by atoms with Gasteiger partial charge in [-0.1, -0.05) is 55.0 Å². The molecule has 0 aromatic heterocycles. The maximum Gasteiger partial charge on any atom is 0.410 e. The number of benzene rings is 2. The maximum absolute atomic E-state index is 12.9. The third kappa shape index (κ3) is 5.24. The Kier molecular flexibility index (Phi) is 7.83. The van der Waals surface area contributed by atoms with E-state index in [0.717, 1.165) is 25.7 Å². The molecule has 180 valence electrons. The molecule has 34 heavy (non-hydrogen) atoms. The number of methoxy groups -OCH3 is 1. The van der Waals surface area contributed by atoms with Crippen molar-refractivity contribution < 1.29 is 23.9 Å². The zero-order valence-electron chi connectivity index (χ0n) is 19.6. The largest absolute Gasteiger partial charge is 0.469 e. The normalized spacial score (nSPS) is 16.6. The average Bonchev–Trinajstić information content (AvgIpc) is 3.48. The van der Waals surface area contributed by atoms with Crippen molar-refractivity contribution in [3.05, 3.63) is 59.7 Å². The number of unbranched alkanes of at least 4 members (excludes halogenated alkanes) is 2. The van der Waals surface area contributed by atoms with E-state index in [4.69, 9.17) is 4.74 Å². The van der Waals surface area contributed by atoms with E-state index in [-0.39, 0.29) is 24.4 Å². The van der Waals surface area contributed by atoms with Gasteiger partial charge in [0.25, 0.3) is 0 Å². The molecule has 1 atom stereocenters. The quantitative estimate of drug-likeness (QED) is 0.443. The monoisotopic (exact) mass is 464 g/mol. The standard InChI is InChI=1S/C27H32N2O5/c1-33-25(30)15-3-2-8-16-28-26(31)24-14-9-17-29(24)27(32)34-18-23-21-12-6-4-10-19(21)20-11-5-7-13-22(20)23/h4-7,10-13,23-24H,2-3,8-9,14-18H2,1H3,(H,28,31). The number of amides is 2. The van der Waals surface area contributed by atoms with Gasteiger partial charge >= 0.3 is 12.1 Å². The van der Waals surface area contributed by atoms with Crippen LogP contribution < -0.4 is 5.32 Å². The molecule has 1 aliphatic carbocycles. The summed E-state index contributed by atoms with van der Waals surface area (Å²) in [5.74, 6) is -0.357. The highest BCUT2D eigenvalue weighted by atomic mass is 16.6. The van der Waals surface area contributed by atoms with E-state index < -0.39 is 12.1 Å². The van der Waals surface area contributed by atoms with E-state index in [1.807, 2.05) is 24.3 Å². The van der Waals surface area contributed by atoms with Crippen LogP contribution in [0.25, 0.3) is 11.1 Å². The number of hydrogen-bond donors (Lipinski definition) is 1. The lowest BCUT2D eigenvalue weighted by atomic mass is 9.98. The van der Waals surface area contributed by atoms with Gasteiger partial charge in [-0.25, -0.2) is 4.79 Å². The average molecular weight is 465 g/mol. The number of rotatable bonds is 9. The van der Waals surface area contributed by atoms with Gasteiger partial charge in [0.15, 0.2) is 0 Å². The first-order chi connectivity index (χ1) is 16.6. The van der Waals surface area contributed by atoms with Gasteiger partial charge < -0.3 is 14.8 Å². The van der Waals surface area contributed by atoms with Crippen LogP contribution in [0.1, 0.15) is 55.6 Å². The Hall–Kier alpha value is -3.35. The van der Waals surface area contributed by atoms with Crippen molar-refractivity contribution in [1.29, 1.82) is 0 Å². The van der Waals surface area contributed by atoms with Gasteiger partial charge in [-0.05, 0) is 47.9 Å². The SMILES string of the molecule is COC(=O)CCCCCNC(=O)C1CCCN1C(=O)OCC1c2ccccc2-c2ccccc21. The molecule has 0 saturated carbocycles. The van der Waals surface area contributed by atoms with Crippen molar-refractivity contribution in [3.8, 4) is 11.1 Å². The molecule has 2 amide bonds. The predicted octanol–water partition coefficient (Wildman–Crippen LogP) is 4.25. The number of ether oxygens (including phenoxy) is 2. The number of esters is 1. The summed E-state index contributed by atoms with van der Waals surface area (Å²) in [4.78, 5) is 38.3. The first-order valence-corrected chi connectivity index (χ1v) is 12.1. The zero-order valence-corrected chi connectivity index (χ0v) is 19.6. The Morgan fingerprint density at radius 1 is 0.971 bits per heavy atom. The molecule has 7 nitrogen and oxygen atoms in total. The number of carbonyl (C=O) groups is 3. The number of carbonyl (C=O) groups excluding carboxylic acids is 3. The molecule has 1 N–H and O–H groups in total. The number of fused-ring (bicyclic) bond motifs is 3. The van der Waals surface area contributed by atoms with Crippen LogP contribution in [0.2, 0.25) is 0 Å². The lowest BCUT2D eigenvalue weighted by Crippen LogP contribution is -2.46. The van der Waals surface area contributed by atoms with Gasteiger partial charge in [0.05, 0.1) is 7.11 Å². The molecule has 1 heterocycles. The molecule has 7 heteroatoms. The zero-order chi connectivity index (χ0) is 23.9. The molecule has 2 aliphatic rings. The third-order valence-corrected chi connectivity index (χ3v) is 6.71. The molecular weight excluding hydrogens is 432 g/mol. The summed E-state index contributed by atoms with van der Waals surface area (Å²) in [6, 6.07) is 16.0. The second-order valence-electron chi connectivity index (χ2n) is 8.83. The first kappa shape index (κ1) is 23.8. The maximum atomic E-state index is 12.9. The minimum Gasteiger partial charge on any atom is -0.469 e. The smallest absolute Gasteiger partial charge is 0.410 e. The molecule has 0 spiro atoms. The fraction of sp³-hybridized carbons (Fsp3) is 0.444. The van der Waals surface area contributed by atoms with E-state index in [1.54, 1.807) is 4.90 Å². The Bertz CT molecular complexity index is 992. The molecule has 0 bridgehead atoms. The molecular formula is C27H32N2O5. The van der Waals surface area contributed by atoms with Gasteiger partial charge in [-0.3, -0.25) is 14.5 Å². The predicted molar refractivity (Wildman–Crippen MR) is 128 cm³/mol. The van der Waals surface area contributed by atoms with Gasteiger partial charge in [0.1, 0.15) is 12.6 Å². The number of hydrogen-bond acceptors (Lipinski definition) is 5. The van der Waals surface area contributed by atoms with Gasteiger partial charge in [-0.15, -0.1) is 0 Å². The van der Waals surface area contributed by atoms with Crippen LogP contribution >= 0.6 is 0 Å². The molecule has 2 aromatic rings. The highest BCUT2D eigenvalue weighted by Gasteiger charge is 2.36. The summed E-state index contributed by atoms with van der Waals surface area (Å²) in [5, 5.41) is 2.93. The van der Waals surface area contributed by atoms with Crippen molar-refractivity contribution in [3.63, 3.8) is 0 Å². The van der Waals surface area contributed by atoms with Crippen molar-refractivity contribution in [2.45, 2.75) is 50.5 Å². The molecule has 4 rings (SSSR count). The van der Waals surface area contributed by atoms with E-state index in [1.165, 1.54) is 29.4 Å². The second-order valence-corrected chi connectivity index (χ2v) is 8.83. The molecule has 2 aromatic carbocycles. The minimum absolute atomic E-state index is 0.00350. The van der Waals surface area contributed by atoms with Gasteiger partial charge in [0, 0.05) is 25.4 Å². The topological polar surface area (TPSA) is 84.9 Å². The molecule has 1 saturated heterocycles. The van der Waals surface area contributed by atoms with Crippen LogP contribution in [0.4, 0.5) is 4.79 Å². The van der Waals surface area contributed by atoms with Crippen LogP contribution in [-0.2, 0) is 19.1 Å². The highest BCUT2D eigenvalue weighted by molar-refractivity contribution is 5.86. The van der Waals surface area contributed by atoms with Crippen LogP contribution in [0.3, 0.4) is 0 Å². The fourth-order valence-electron chi connectivity index (χ4n) is 4.94. The highest BCUT2D eigenvalue weighted by Crippen LogP contribution is 2.44. The lowest BCUT2D eigenvalue weighted by molar-refractivity contribution is -0.140. The van der Waals surface area contributed by atoms with Crippen LogP contribution in [0.5, 0.6) is 0 Å². The third-order valence-electron chi connectivity index (χ3n) is 6.71. The first-order valence-electron chi connectivity index (χ1n) is 12.1. The summed E-state index contributed by atoms with van der Waals surface area (Å²) in [7, 11) is 1.38. The van der Waals surface area contributed by atoms with E-state index in [2.05, 4.69) is 34.3 Å². The van der Waals surface area contributed by atoms with Crippen molar-refractivity contribution in [2.75, 3.05) is 26.8 Å². The summed E-state index contributed by atoms with van der Waals surface area (Å²) in [6.07, 6.45) is 3.72. The van der Waals surface area contributed by atoms with Gasteiger partial charge in [-0.2, -0.15) is 0 Å². The molecule has 1 aliphatic heterocycles. The Balaban J connectivity index is 1.28. The molecule has 0 radical (unpaired) electrons. The van der Waals surface area contributed by atoms with Crippen molar-refractivity contribution >= 4 is 18.0 Å².